The van der Waals surface area contributed by atoms with Gasteiger partial charge < -0.3 is 10.2 Å². The van der Waals surface area contributed by atoms with E-state index in [1.807, 2.05) is 0 Å². The third-order valence-corrected chi connectivity index (χ3v) is 4.36. The predicted octanol–water partition coefficient (Wildman–Crippen LogP) is 1.40. The van der Waals surface area contributed by atoms with Gasteiger partial charge in [-0.3, -0.25) is 4.90 Å². The molecule has 0 aromatic rings. The van der Waals surface area contributed by atoms with Crippen molar-refractivity contribution < 1.29 is 0 Å². The zero-order valence-electron chi connectivity index (χ0n) is 11.5. The van der Waals surface area contributed by atoms with Crippen molar-refractivity contribution in [3.05, 3.63) is 0 Å². The molecule has 0 amide bonds. The van der Waals surface area contributed by atoms with Crippen LogP contribution in [0.2, 0.25) is 0 Å². The van der Waals surface area contributed by atoms with E-state index < -0.39 is 0 Å². The Morgan fingerprint density at radius 1 is 1.00 bits per heavy atom. The molecule has 100 valence electrons. The zero-order chi connectivity index (χ0) is 11.9. The highest BCUT2D eigenvalue weighted by atomic mass is 15.2. The highest BCUT2D eigenvalue weighted by Crippen LogP contribution is 2.22. The molecule has 0 unspecified atom stereocenters. The van der Waals surface area contributed by atoms with Gasteiger partial charge in [-0.25, -0.2) is 0 Å². The van der Waals surface area contributed by atoms with Crippen LogP contribution in [0.1, 0.15) is 32.1 Å². The molecule has 0 spiro atoms. The third kappa shape index (κ3) is 4.94. The van der Waals surface area contributed by atoms with Crippen LogP contribution in [-0.2, 0) is 0 Å². The average molecular weight is 239 g/mol. The molecule has 0 bridgehead atoms. The molecule has 0 aromatic carbocycles. The number of nitrogens with one attached hydrogen (secondary N) is 1. The summed E-state index contributed by atoms with van der Waals surface area (Å²) in [5.41, 5.74) is 0. The minimum absolute atomic E-state index is 0.969. The topological polar surface area (TPSA) is 18.5 Å². The second kappa shape index (κ2) is 7.34. The molecule has 0 atom stereocenters. The monoisotopic (exact) mass is 239 g/mol. The van der Waals surface area contributed by atoms with E-state index in [9.17, 15) is 0 Å². The minimum Gasteiger partial charge on any atom is -0.315 e. The standard InChI is InChI=1S/C14H29N3/c1-16-9-11-17(12-10-16)8-7-15-13-14-5-3-2-4-6-14/h14-15H,2-13H2,1H3. The van der Waals surface area contributed by atoms with Gasteiger partial charge in [0.05, 0.1) is 0 Å². The van der Waals surface area contributed by atoms with Crippen LogP contribution in [0, 0.1) is 5.92 Å². The lowest BCUT2D eigenvalue weighted by Gasteiger charge is -2.32. The Bertz CT molecular complexity index is 194. The Balaban J connectivity index is 1.48. The van der Waals surface area contributed by atoms with E-state index >= 15 is 0 Å². The molecule has 3 heteroatoms. The normalized spacial score (nSPS) is 25.2. The van der Waals surface area contributed by atoms with E-state index in [1.54, 1.807) is 0 Å². The fraction of sp³-hybridized carbons (Fsp3) is 1.00. The highest BCUT2D eigenvalue weighted by Gasteiger charge is 2.14. The van der Waals surface area contributed by atoms with Crippen molar-refractivity contribution in [1.29, 1.82) is 0 Å². The van der Waals surface area contributed by atoms with Crippen LogP contribution in [0.3, 0.4) is 0 Å². The molecule has 1 aliphatic carbocycles. The van der Waals surface area contributed by atoms with Crippen molar-refractivity contribution in [2.75, 3.05) is 52.9 Å². The van der Waals surface area contributed by atoms with Crippen LogP contribution in [0.4, 0.5) is 0 Å². The number of hydrogen-bond donors (Lipinski definition) is 1. The van der Waals surface area contributed by atoms with Crippen LogP contribution < -0.4 is 5.32 Å². The van der Waals surface area contributed by atoms with Crippen LogP contribution in [0.25, 0.3) is 0 Å². The molecule has 2 aliphatic rings. The lowest BCUT2D eigenvalue weighted by Crippen LogP contribution is -2.46. The molecule has 0 radical (unpaired) electrons. The Morgan fingerprint density at radius 2 is 1.71 bits per heavy atom. The van der Waals surface area contributed by atoms with Gasteiger partial charge in [0, 0.05) is 39.3 Å². The first-order valence-electron chi connectivity index (χ1n) is 7.46. The largest absolute Gasteiger partial charge is 0.315 e. The van der Waals surface area contributed by atoms with E-state index in [1.165, 1.54) is 77.9 Å². The first-order chi connectivity index (χ1) is 8.34. The van der Waals surface area contributed by atoms with E-state index in [4.69, 9.17) is 0 Å². The Hall–Kier alpha value is -0.120. The van der Waals surface area contributed by atoms with Gasteiger partial charge in [-0.05, 0) is 32.4 Å². The van der Waals surface area contributed by atoms with Gasteiger partial charge in [0.15, 0.2) is 0 Å². The smallest absolute Gasteiger partial charge is 0.0110 e. The molecule has 17 heavy (non-hydrogen) atoms. The number of nitrogens with zero attached hydrogens (tertiary/aromatic N) is 2. The van der Waals surface area contributed by atoms with Gasteiger partial charge in [-0.1, -0.05) is 19.3 Å². The second-order valence-electron chi connectivity index (χ2n) is 5.85. The fourth-order valence-corrected chi connectivity index (χ4v) is 3.01. The molecule has 0 aromatic heterocycles. The summed E-state index contributed by atoms with van der Waals surface area (Å²) in [4.78, 5) is 5.01. The molecule has 1 saturated heterocycles. The van der Waals surface area contributed by atoms with E-state index in [0.717, 1.165) is 5.92 Å². The molecule has 1 heterocycles. The maximum atomic E-state index is 3.66. The molecular weight excluding hydrogens is 210 g/mol. The first-order valence-corrected chi connectivity index (χ1v) is 7.46. The van der Waals surface area contributed by atoms with Crippen LogP contribution in [0.5, 0.6) is 0 Å². The van der Waals surface area contributed by atoms with Gasteiger partial charge in [-0.15, -0.1) is 0 Å². The number of likely N-dealkylation sites (N-methyl/N-ethyl adjacent to an activating group) is 1. The van der Waals surface area contributed by atoms with Crippen molar-refractivity contribution >= 4 is 0 Å². The Labute approximate surface area is 107 Å². The lowest BCUT2D eigenvalue weighted by molar-refractivity contribution is 0.154. The van der Waals surface area contributed by atoms with Crippen LogP contribution >= 0.6 is 0 Å². The zero-order valence-corrected chi connectivity index (χ0v) is 11.5. The number of hydrogen-bond acceptors (Lipinski definition) is 3. The summed E-state index contributed by atoms with van der Waals surface area (Å²) in [5.74, 6) is 0.969. The van der Waals surface area contributed by atoms with Gasteiger partial charge in [0.1, 0.15) is 0 Å². The average Bonchev–Trinajstić information content (AvgIpc) is 2.38. The van der Waals surface area contributed by atoms with Gasteiger partial charge in [0.2, 0.25) is 0 Å². The minimum atomic E-state index is 0.969. The van der Waals surface area contributed by atoms with Crippen molar-refractivity contribution in [3.63, 3.8) is 0 Å². The van der Waals surface area contributed by atoms with E-state index in [-0.39, 0.29) is 0 Å². The van der Waals surface area contributed by atoms with Crippen molar-refractivity contribution in [3.8, 4) is 0 Å². The van der Waals surface area contributed by atoms with Crippen molar-refractivity contribution in [2.24, 2.45) is 5.92 Å². The van der Waals surface area contributed by atoms with Gasteiger partial charge >= 0.3 is 0 Å². The Morgan fingerprint density at radius 3 is 2.41 bits per heavy atom. The summed E-state index contributed by atoms with van der Waals surface area (Å²) in [6, 6.07) is 0. The number of rotatable bonds is 5. The summed E-state index contributed by atoms with van der Waals surface area (Å²) in [5, 5.41) is 3.66. The lowest BCUT2D eigenvalue weighted by atomic mass is 9.89. The van der Waals surface area contributed by atoms with Crippen LogP contribution in [-0.4, -0.2) is 62.7 Å². The molecule has 3 nitrogen and oxygen atoms in total. The van der Waals surface area contributed by atoms with E-state index in [2.05, 4.69) is 22.2 Å². The fourth-order valence-electron chi connectivity index (χ4n) is 3.01. The molecule has 1 N–H and O–H groups in total. The third-order valence-electron chi connectivity index (χ3n) is 4.36. The van der Waals surface area contributed by atoms with Crippen molar-refractivity contribution in [1.82, 2.24) is 15.1 Å². The first kappa shape index (κ1) is 13.3. The summed E-state index contributed by atoms with van der Waals surface area (Å²) in [6.07, 6.45) is 7.32. The molecule has 2 rings (SSSR count). The van der Waals surface area contributed by atoms with Crippen molar-refractivity contribution in [2.45, 2.75) is 32.1 Å². The highest BCUT2D eigenvalue weighted by molar-refractivity contribution is 4.71. The summed E-state index contributed by atoms with van der Waals surface area (Å²) >= 11 is 0. The molecular formula is C14H29N3. The van der Waals surface area contributed by atoms with Gasteiger partial charge in [0.25, 0.3) is 0 Å². The predicted molar refractivity (Wildman–Crippen MR) is 73.4 cm³/mol. The molecule has 2 fully saturated rings. The van der Waals surface area contributed by atoms with Gasteiger partial charge in [-0.2, -0.15) is 0 Å². The summed E-state index contributed by atoms with van der Waals surface area (Å²) in [6.45, 7) is 8.66. The quantitative estimate of drug-likeness (QED) is 0.732. The van der Waals surface area contributed by atoms with Crippen LogP contribution in [0.15, 0.2) is 0 Å². The summed E-state index contributed by atoms with van der Waals surface area (Å²) < 4.78 is 0. The maximum Gasteiger partial charge on any atom is 0.0110 e. The molecule has 1 aliphatic heterocycles. The Kier molecular flexibility index (Phi) is 5.75. The summed E-state index contributed by atoms with van der Waals surface area (Å²) in [7, 11) is 2.22. The second-order valence-corrected chi connectivity index (χ2v) is 5.85. The van der Waals surface area contributed by atoms with E-state index in [0.29, 0.717) is 0 Å². The number of piperazine rings is 1. The maximum absolute atomic E-state index is 3.66. The SMILES string of the molecule is CN1CCN(CCNCC2CCCCC2)CC1. The molecule has 1 saturated carbocycles.